The van der Waals surface area contributed by atoms with Crippen LogP contribution in [-0.2, 0) is 6.42 Å². The molecule has 3 N–H and O–H groups in total. The van der Waals surface area contributed by atoms with Crippen LogP contribution in [0.2, 0.25) is 0 Å². The second-order valence-corrected chi connectivity index (χ2v) is 6.03. The molecule has 0 radical (unpaired) electrons. The number of carboxylic acid groups (broad SMARTS) is 1. The number of carboxylic acids is 1. The predicted molar refractivity (Wildman–Crippen MR) is 97.1 cm³/mol. The largest absolute Gasteiger partial charge is 0.491 e. The van der Waals surface area contributed by atoms with Crippen molar-refractivity contribution in [3.05, 3.63) is 71.4 Å². The molecule has 0 bridgehead atoms. The number of benzene rings is 2. The summed E-state index contributed by atoms with van der Waals surface area (Å²) in [5, 5.41) is 10.2. The zero-order chi connectivity index (χ0) is 17.8. The standard InChI is InChI=1S/C20H20N2O3/c1-13-10-17(18(20(23)24)16-8-5-9-22-19(13)16)25-12-15(21)11-14-6-3-2-4-7-14/h2-10,15H,11-12,21H2,1H3,(H,23,24). The van der Waals surface area contributed by atoms with Crippen LogP contribution < -0.4 is 10.5 Å². The number of aromatic carboxylic acids is 1. The van der Waals surface area contributed by atoms with Crippen LogP contribution in [0.15, 0.2) is 54.7 Å². The highest BCUT2D eigenvalue weighted by molar-refractivity contribution is 6.06. The number of aromatic nitrogens is 1. The van der Waals surface area contributed by atoms with Gasteiger partial charge in [0.2, 0.25) is 0 Å². The lowest BCUT2D eigenvalue weighted by Gasteiger charge is -2.16. The fourth-order valence-corrected chi connectivity index (χ4v) is 2.90. The van der Waals surface area contributed by atoms with E-state index >= 15 is 0 Å². The molecule has 3 rings (SSSR count). The van der Waals surface area contributed by atoms with E-state index in [9.17, 15) is 9.90 Å². The number of fused-ring (bicyclic) bond motifs is 1. The van der Waals surface area contributed by atoms with Crippen molar-refractivity contribution in [3.8, 4) is 5.75 Å². The Kier molecular flexibility index (Phi) is 4.95. The molecule has 1 atom stereocenters. The highest BCUT2D eigenvalue weighted by atomic mass is 16.5. The zero-order valence-electron chi connectivity index (χ0n) is 14.0. The fraction of sp³-hybridized carbons (Fsp3) is 0.200. The van der Waals surface area contributed by atoms with Crippen LogP contribution in [0.5, 0.6) is 5.75 Å². The first kappa shape index (κ1) is 16.9. The molecule has 0 fully saturated rings. The number of nitrogens with two attached hydrogens (primary N) is 1. The quantitative estimate of drug-likeness (QED) is 0.722. The predicted octanol–water partition coefficient (Wildman–Crippen LogP) is 3.19. The third-order valence-electron chi connectivity index (χ3n) is 4.05. The molecule has 1 heterocycles. The summed E-state index contributed by atoms with van der Waals surface area (Å²) < 4.78 is 5.79. The number of ether oxygens (including phenoxy) is 1. The summed E-state index contributed by atoms with van der Waals surface area (Å²) in [7, 11) is 0. The lowest BCUT2D eigenvalue weighted by Crippen LogP contribution is -2.30. The second-order valence-electron chi connectivity index (χ2n) is 6.03. The van der Waals surface area contributed by atoms with Gasteiger partial charge < -0.3 is 15.6 Å². The normalized spacial score (nSPS) is 12.1. The molecular weight excluding hydrogens is 316 g/mol. The van der Waals surface area contributed by atoms with Crippen LogP contribution in [0.3, 0.4) is 0 Å². The molecule has 0 aliphatic rings. The number of aryl methyl sites for hydroxylation is 1. The molecule has 0 aliphatic carbocycles. The van der Waals surface area contributed by atoms with Crippen LogP contribution in [-0.4, -0.2) is 28.7 Å². The number of hydrogen-bond donors (Lipinski definition) is 2. The number of pyridine rings is 1. The van der Waals surface area contributed by atoms with Gasteiger partial charge in [0.25, 0.3) is 0 Å². The average Bonchev–Trinajstić information content (AvgIpc) is 2.60. The Balaban J connectivity index is 1.83. The molecule has 0 amide bonds. The van der Waals surface area contributed by atoms with Crippen LogP contribution in [0, 0.1) is 6.92 Å². The lowest BCUT2D eigenvalue weighted by molar-refractivity contribution is 0.0694. The Morgan fingerprint density at radius 1 is 1.24 bits per heavy atom. The first-order valence-corrected chi connectivity index (χ1v) is 8.10. The van der Waals surface area contributed by atoms with E-state index in [-0.39, 0.29) is 18.2 Å². The van der Waals surface area contributed by atoms with Gasteiger partial charge in [0.1, 0.15) is 17.9 Å². The van der Waals surface area contributed by atoms with Crippen molar-refractivity contribution in [1.29, 1.82) is 0 Å². The summed E-state index contributed by atoms with van der Waals surface area (Å²) in [5.41, 5.74) is 8.93. The maximum absolute atomic E-state index is 11.7. The number of nitrogens with zero attached hydrogens (tertiary/aromatic N) is 1. The number of rotatable bonds is 6. The molecule has 1 unspecified atom stereocenters. The van der Waals surface area contributed by atoms with E-state index in [1.807, 2.05) is 37.3 Å². The monoisotopic (exact) mass is 336 g/mol. The SMILES string of the molecule is Cc1cc(OCC(N)Cc2ccccc2)c(C(=O)O)c2cccnc12. The summed E-state index contributed by atoms with van der Waals surface area (Å²) in [4.78, 5) is 16.0. The highest BCUT2D eigenvalue weighted by Gasteiger charge is 2.19. The molecule has 0 saturated heterocycles. The molecule has 1 aromatic heterocycles. The van der Waals surface area contributed by atoms with Gasteiger partial charge in [0, 0.05) is 17.6 Å². The van der Waals surface area contributed by atoms with Gasteiger partial charge in [-0.2, -0.15) is 0 Å². The molecule has 0 saturated carbocycles. The van der Waals surface area contributed by atoms with E-state index in [0.717, 1.165) is 11.1 Å². The maximum Gasteiger partial charge on any atom is 0.340 e. The zero-order valence-corrected chi connectivity index (χ0v) is 14.0. The minimum Gasteiger partial charge on any atom is -0.491 e. The topological polar surface area (TPSA) is 85.4 Å². The third-order valence-corrected chi connectivity index (χ3v) is 4.05. The van der Waals surface area contributed by atoms with Crippen molar-refractivity contribution in [2.24, 2.45) is 5.73 Å². The Morgan fingerprint density at radius 3 is 2.72 bits per heavy atom. The molecule has 128 valence electrons. The molecule has 3 aromatic rings. The minimum absolute atomic E-state index is 0.126. The number of carbonyl (C=O) groups is 1. The smallest absolute Gasteiger partial charge is 0.340 e. The fourth-order valence-electron chi connectivity index (χ4n) is 2.90. The number of hydrogen-bond acceptors (Lipinski definition) is 4. The Labute approximate surface area is 146 Å². The van der Waals surface area contributed by atoms with E-state index in [1.165, 1.54) is 0 Å². The first-order chi connectivity index (χ1) is 12.1. The van der Waals surface area contributed by atoms with Crippen LogP contribution in [0.1, 0.15) is 21.5 Å². The van der Waals surface area contributed by atoms with Gasteiger partial charge in [-0.15, -0.1) is 0 Å². The van der Waals surface area contributed by atoms with E-state index in [2.05, 4.69) is 4.98 Å². The van der Waals surface area contributed by atoms with Crippen LogP contribution in [0.4, 0.5) is 0 Å². The Morgan fingerprint density at radius 2 is 2.00 bits per heavy atom. The van der Waals surface area contributed by atoms with Crippen LogP contribution >= 0.6 is 0 Å². The molecule has 5 nitrogen and oxygen atoms in total. The van der Waals surface area contributed by atoms with Crippen molar-refractivity contribution in [2.75, 3.05) is 6.61 Å². The molecule has 25 heavy (non-hydrogen) atoms. The summed E-state index contributed by atoms with van der Waals surface area (Å²) in [6, 6.07) is 14.9. The maximum atomic E-state index is 11.7. The van der Waals surface area contributed by atoms with Gasteiger partial charge in [-0.3, -0.25) is 4.98 Å². The Hall–Kier alpha value is -2.92. The summed E-state index contributed by atoms with van der Waals surface area (Å²) in [6.45, 7) is 2.12. The first-order valence-electron chi connectivity index (χ1n) is 8.10. The van der Waals surface area contributed by atoms with Crippen molar-refractivity contribution in [3.63, 3.8) is 0 Å². The van der Waals surface area contributed by atoms with Crippen molar-refractivity contribution < 1.29 is 14.6 Å². The van der Waals surface area contributed by atoms with Crippen molar-refractivity contribution in [1.82, 2.24) is 4.98 Å². The van der Waals surface area contributed by atoms with Crippen molar-refractivity contribution in [2.45, 2.75) is 19.4 Å². The Bertz CT molecular complexity index is 894. The average molecular weight is 336 g/mol. The van der Waals surface area contributed by atoms with E-state index < -0.39 is 5.97 Å². The lowest BCUT2D eigenvalue weighted by atomic mass is 10.0. The second kappa shape index (κ2) is 7.32. The molecule has 2 aromatic carbocycles. The molecule has 0 spiro atoms. The third kappa shape index (κ3) is 3.78. The highest BCUT2D eigenvalue weighted by Crippen LogP contribution is 2.30. The summed E-state index contributed by atoms with van der Waals surface area (Å²) >= 11 is 0. The van der Waals surface area contributed by atoms with E-state index in [4.69, 9.17) is 10.5 Å². The van der Waals surface area contributed by atoms with Gasteiger partial charge in [-0.25, -0.2) is 4.79 Å². The molecule has 0 aliphatic heterocycles. The minimum atomic E-state index is -1.04. The van der Waals surface area contributed by atoms with Gasteiger partial charge in [-0.1, -0.05) is 36.4 Å². The van der Waals surface area contributed by atoms with Gasteiger partial charge in [0.15, 0.2) is 0 Å². The van der Waals surface area contributed by atoms with E-state index in [1.54, 1.807) is 24.4 Å². The van der Waals surface area contributed by atoms with E-state index in [0.29, 0.717) is 23.1 Å². The van der Waals surface area contributed by atoms with Crippen LogP contribution in [0.25, 0.3) is 10.9 Å². The molecule has 5 heteroatoms. The van der Waals surface area contributed by atoms with Crippen molar-refractivity contribution >= 4 is 16.9 Å². The van der Waals surface area contributed by atoms with Gasteiger partial charge in [-0.05, 0) is 36.6 Å². The summed E-state index contributed by atoms with van der Waals surface area (Å²) in [5.74, 6) is -0.710. The molecular formula is C20H20N2O3. The summed E-state index contributed by atoms with van der Waals surface area (Å²) in [6.07, 6.45) is 2.31. The van der Waals surface area contributed by atoms with Gasteiger partial charge >= 0.3 is 5.97 Å². The van der Waals surface area contributed by atoms with Gasteiger partial charge in [0.05, 0.1) is 5.52 Å².